The Morgan fingerprint density at radius 1 is 1.20 bits per heavy atom. The summed E-state index contributed by atoms with van der Waals surface area (Å²) in [6.45, 7) is 0.813. The van der Waals surface area contributed by atoms with Gasteiger partial charge in [0.1, 0.15) is 5.82 Å². The Kier molecular flexibility index (Phi) is 7.37. The van der Waals surface area contributed by atoms with Crippen LogP contribution in [0.5, 0.6) is 0 Å². The molecule has 5 nitrogen and oxygen atoms in total. The molecule has 2 amide bonds. The number of aliphatic hydroxyl groups is 1. The van der Waals surface area contributed by atoms with E-state index in [1.54, 1.807) is 12.1 Å². The van der Waals surface area contributed by atoms with Crippen molar-refractivity contribution in [3.8, 4) is 0 Å². The van der Waals surface area contributed by atoms with E-state index < -0.39 is 6.10 Å². The predicted octanol–water partition coefficient (Wildman–Crippen LogP) is 2.90. The van der Waals surface area contributed by atoms with Crippen LogP contribution >= 0.6 is 0 Å². The molecule has 2 aromatic rings. The normalized spacial score (nSPS) is 11.8. The number of halogens is 1. The van der Waals surface area contributed by atoms with Crippen LogP contribution in [0.4, 0.5) is 9.18 Å². The van der Waals surface area contributed by atoms with Crippen molar-refractivity contribution in [3.05, 3.63) is 71.0 Å². The van der Waals surface area contributed by atoms with E-state index in [1.807, 2.05) is 30.3 Å². The quantitative estimate of drug-likeness (QED) is 0.688. The monoisotopic (exact) mass is 346 g/mol. The van der Waals surface area contributed by atoms with Crippen LogP contribution in [0.3, 0.4) is 0 Å². The van der Waals surface area contributed by atoms with E-state index in [4.69, 9.17) is 4.74 Å². The van der Waals surface area contributed by atoms with E-state index >= 15 is 0 Å². The number of nitrogens with one attached hydrogen (secondary N) is 2. The first-order valence-corrected chi connectivity index (χ1v) is 8.11. The highest BCUT2D eigenvalue weighted by molar-refractivity contribution is 5.73. The van der Waals surface area contributed by atoms with Gasteiger partial charge in [-0.1, -0.05) is 36.4 Å². The predicted molar refractivity (Wildman–Crippen MR) is 93.4 cm³/mol. The lowest BCUT2D eigenvalue weighted by Crippen LogP contribution is -2.36. The molecule has 2 rings (SSSR count). The molecule has 134 valence electrons. The molecule has 0 aromatic heterocycles. The molecule has 1 unspecified atom stereocenters. The third-order valence-corrected chi connectivity index (χ3v) is 3.75. The molecule has 6 heteroatoms. The smallest absolute Gasteiger partial charge is 0.315 e. The average Bonchev–Trinajstić information content (AvgIpc) is 2.63. The number of rotatable bonds is 8. The number of hydrogen-bond donors (Lipinski definition) is 3. The van der Waals surface area contributed by atoms with Gasteiger partial charge in [-0.05, 0) is 29.7 Å². The zero-order valence-corrected chi connectivity index (χ0v) is 14.2. The second-order valence-corrected chi connectivity index (χ2v) is 5.68. The molecule has 0 saturated carbocycles. The summed E-state index contributed by atoms with van der Waals surface area (Å²) in [4.78, 5) is 11.8. The number of hydrogen-bond acceptors (Lipinski definition) is 3. The first-order chi connectivity index (χ1) is 12.1. The molecule has 0 bridgehead atoms. The zero-order chi connectivity index (χ0) is 18.1. The van der Waals surface area contributed by atoms with Gasteiger partial charge in [-0.15, -0.1) is 0 Å². The summed E-state index contributed by atoms with van der Waals surface area (Å²) in [5.74, 6) is -0.329. The molecule has 0 aliphatic carbocycles. The van der Waals surface area contributed by atoms with Crippen molar-refractivity contribution in [2.75, 3.05) is 13.7 Å². The van der Waals surface area contributed by atoms with Crippen LogP contribution in [0.2, 0.25) is 0 Å². The fourth-order valence-corrected chi connectivity index (χ4v) is 2.41. The van der Waals surface area contributed by atoms with Gasteiger partial charge in [-0.25, -0.2) is 9.18 Å². The van der Waals surface area contributed by atoms with E-state index in [2.05, 4.69) is 10.6 Å². The van der Waals surface area contributed by atoms with Crippen molar-refractivity contribution in [1.29, 1.82) is 0 Å². The fourth-order valence-electron chi connectivity index (χ4n) is 2.41. The van der Waals surface area contributed by atoms with Crippen LogP contribution < -0.4 is 10.6 Å². The molecular formula is C19H23FN2O3. The minimum absolute atomic E-state index is 0.184. The summed E-state index contributed by atoms with van der Waals surface area (Å²) in [5.41, 5.74) is 2.06. The Hall–Kier alpha value is -2.44. The van der Waals surface area contributed by atoms with Gasteiger partial charge in [0.15, 0.2) is 0 Å². The van der Waals surface area contributed by atoms with Crippen LogP contribution in [0.1, 0.15) is 29.2 Å². The van der Waals surface area contributed by atoms with E-state index in [0.717, 1.165) is 11.1 Å². The topological polar surface area (TPSA) is 70.6 Å². The largest absolute Gasteiger partial charge is 0.388 e. The van der Waals surface area contributed by atoms with Gasteiger partial charge in [0.2, 0.25) is 0 Å². The fraction of sp³-hybridized carbons (Fsp3) is 0.316. The summed E-state index contributed by atoms with van der Waals surface area (Å²) < 4.78 is 18.5. The van der Waals surface area contributed by atoms with Crippen molar-refractivity contribution in [2.45, 2.75) is 25.7 Å². The lowest BCUT2D eigenvalue weighted by Gasteiger charge is -2.12. The highest BCUT2D eigenvalue weighted by atomic mass is 19.1. The third-order valence-electron chi connectivity index (χ3n) is 3.75. The SMILES string of the molecule is COCc1cc(CNC(=O)NCCC(O)c2ccccc2)ccc1F. The van der Waals surface area contributed by atoms with Gasteiger partial charge in [0.05, 0.1) is 12.7 Å². The second kappa shape index (κ2) is 9.76. The van der Waals surface area contributed by atoms with Crippen molar-refractivity contribution < 1.29 is 19.0 Å². The summed E-state index contributed by atoms with van der Waals surface area (Å²) >= 11 is 0. The van der Waals surface area contributed by atoms with Gasteiger partial charge in [0.25, 0.3) is 0 Å². The average molecular weight is 346 g/mol. The van der Waals surface area contributed by atoms with Crippen LogP contribution in [0, 0.1) is 5.82 Å². The number of ether oxygens (including phenoxy) is 1. The molecule has 0 spiro atoms. The second-order valence-electron chi connectivity index (χ2n) is 5.68. The first-order valence-electron chi connectivity index (χ1n) is 8.11. The zero-order valence-electron chi connectivity index (χ0n) is 14.2. The maximum absolute atomic E-state index is 13.5. The Morgan fingerprint density at radius 2 is 1.96 bits per heavy atom. The Labute approximate surface area is 146 Å². The van der Waals surface area contributed by atoms with Crippen LogP contribution in [0.25, 0.3) is 0 Å². The molecule has 0 heterocycles. The molecule has 0 radical (unpaired) electrons. The molecule has 25 heavy (non-hydrogen) atoms. The number of aliphatic hydroxyl groups excluding tert-OH is 1. The number of methoxy groups -OCH3 is 1. The highest BCUT2D eigenvalue weighted by Crippen LogP contribution is 2.15. The maximum Gasteiger partial charge on any atom is 0.315 e. The van der Waals surface area contributed by atoms with E-state index in [1.165, 1.54) is 13.2 Å². The molecule has 0 saturated heterocycles. The Morgan fingerprint density at radius 3 is 2.68 bits per heavy atom. The number of benzene rings is 2. The number of amides is 2. The standard InChI is InChI=1S/C19H23FN2O3/c1-25-13-16-11-14(7-8-17(16)20)12-22-19(24)21-10-9-18(23)15-5-3-2-4-6-15/h2-8,11,18,23H,9-10,12-13H2,1H3,(H2,21,22,24). The van der Waals surface area contributed by atoms with Gasteiger partial charge < -0.3 is 20.5 Å². The minimum Gasteiger partial charge on any atom is -0.388 e. The summed E-state index contributed by atoms with van der Waals surface area (Å²) in [6.07, 6.45) is -0.193. The van der Waals surface area contributed by atoms with Gasteiger partial charge in [-0.2, -0.15) is 0 Å². The molecule has 0 aliphatic rings. The van der Waals surface area contributed by atoms with Crippen LogP contribution in [-0.4, -0.2) is 24.8 Å². The minimum atomic E-state index is -0.616. The molecule has 0 fully saturated rings. The lowest BCUT2D eigenvalue weighted by atomic mass is 10.1. The molecule has 2 aromatic carbocycles. The molecule has 1 atom stereocenters. The number of urea groups is 1. The Bertz CT molecular complexity index is 680. The van der Waals surface area contributed by atoms with Crippen LogP contribution in [0.15, 0.2) is 48.5 Å². The van der Waals surface area contributed by atoms with Crippen LogP contribution in [-0.2, 0) is 17.9 Å². The van der Waals surface area contributed by atoms with Gasteiger partial charge in [-0.3, -0.25) is 0 Å². The number of carbonyl (C=O) groups is 1. The van der Waals surface area contributed by atoms with Gasteiger partial charge in [0, 0.05) is 25.8 Å². The molecule has 3 N–H and O–H groups in total. The Balaban J connectivity index is 1.73. The van der Waals surface area contributed by atoms with E-state index in [0.29, 0.717) is 18.5 Å². The van der Waals surface area contributed by atoms with E-state index in [9.17, 15) is 14.3 Å². The lowest BCUT2D eigenvalue weighted by molar-refractivity contribution is 0.167. The van der Waals surface area contributed by atoms with Crippen molar-refractivity contribution in [1.82, 2.24) is 10.6 Å². The summed E-state index contributed by atoms with van der Waals surface area (Å²) in [5, 5.41) is 15.4. The molecular weight excluding hydrogens is 323 g/mol. The first kappa shape index (κ1) is 18.9. The summed E-state index contributed by atoms with van der Waals surface area (Å²) in [6, 6.07) is 13.6. The van der Waals surface area contributed by atoms with Crippen molar-refractivity contribution in [2.24, 2.45) is 0 Å². The van der Waals surface area contributed by atoms with Crippen molar-refractivity contribution >= 4 is 6.03 Å². The maximum atomic E-state index is 13.5. The summed E-state index contributed by atoms with van der Waals surface area (Å²) in [7, 11) is 1.50. The van der Waals surface area contributed by atoms with Crippen molar-refractivity contribution in [3.63, 3.8) is 0 Å². The third kappa shape index (κ3) is 6.17. The number of carbonyl (C=O) groups excluding carboxylic acids is 1. The van der Waals surface area contributed by atoms with E-state index in [-0.39, 0.29) is 25.0 Å². The highest BCUT2D eigenvalue weighted by Gasteiger charge is 2.08. The molecule has 0 aliphatic heterocycles. The van der Waals surface area contributed by atoms with Gasteiger partial charge >= 0.3 is 6.03 Å².